The van der Waals surface area contributed by atoms with Crippen LogP contribution < -0.4 is 10.2 Å². The van der Waals surface area contributed by atoms with Gasteiger partial charge in [0.05, 0.1) is 18.1 Å². The lowest BCUT2D eigenvalue weighted by Crippen LogP contribution is -3.09. The summed E-state index contributed by atoms with van der Waals surface area (Å²) in [6, 6.07) is 13.1. The van der Waals surface area contributed by atoms with Crippen LogP contribution in [0.2, 0.25) is 5.02 Å². The van der Waals surface area contributed by atoms with Gasteiger partial charge in [0.2, 0.25) is 5.82 Å². The van der Waals surface area contributed by atoms with Crippen molar-refractivity contribution >= 4 is 23.0 Å². The first-order valence-corrected chi connectivity index (χ1v) is 9.93. The number of aromatic nitrogens is 2. The van der Waals surface area contributed by atoms with E-state index in [1.54, 1.807) is 0 Å². The summed E-state index contributed by atoms with van der Waals surface area (Å²) in [5.41, 5.74) is 2.67. The molecule has 1 aliphatic heterocycles. The zero-order valence-electron chi connectivity index (χ0n) is 15.7. The van der Waals surface area contributed by atoms with Gasteiger partial charge in [0, 0.05) is 17.6 Å². The normalized spacial score (nSPS) is 20.4. The number of fused-ring (bicyclic) bond motifs is 1. The minimum Gasteiger partial charge on any atom is -0.387 e. The number of halogens is 1. The molecule has 4 rings (SSSR count). The highest BCUT2D eigenvalue weighted by Gasteiger charge is 2.27. The van der Waals surface area contributed by atoms with Gasteiger partial charge in [-0.15, -0.1) is 0 Å². The van der Waals surface area contributed by atoms with Gasteiger partial charge in [-0.3, -0.25) is 9.20 Å². The standard InChI is InChI=1S/C21H23ClN4O2/c1-14(16-6-2-3-7-17(16)22)23-21(28)20-24-18(13-25-11-9-15(27)12-25)19-8-4-5-10-26(19)20/h2-8,10,14-15,27H,9,11-13H2,1H3,(H,23,28)/p+1. The maximum atomic E-state index is 13.0. The molecule has 1 aromatic carbocycles. The molecule has 2 aromatic heterocycles. The van der Waals surface area contributed by atoms with Gasteiger partial charge in [0.25, 0.3) is 5.91 Å². The Bertz CT molecular complexity index is 1000. The summed E-state index contributed by atoms with van der Waals surface area (Å²) in [7, 11) is 0. The van der Waals surface area contributed by atoms with Crippen molar-refractivity contribution in [1.29, 1.82) is 0 Å². The van der Waals surface area contributed by atoms with Crippen LogP contribution in [0.1, 0.15) is 41.3 Å². The molecule has 1 saturated heterocycles. The fourth-order valence-electron chi connectivity index (χ4n) is 3.86. The van der Waals surface area contributed by atoms with E-state index < -0.39 is 0 Å². The Balaban J connectivity index is 1.59. The van der Waals surface area contributed by atoms with Gasteiger partial charge in [0.15, 0.2) is 0 Å². The molecule has 3 atom stereocenters. The molecule has 0 aliphatic carbocycles. The second kappa shape index (κ2) is 7.91. The third kappa shape index (κ3) is 3.76. The van der Waals surface area contributed by atoms with Crippen molar-refractivity contribution < 1.29 is 14.8 Å². The summed E-state index contributed by atoms with van der Waals surface area (Å²) in [5, 5.41) is 13.4. The second-order valence-corrected chi connectivity index (χ2v) is 7.79. The number of hydrogen-bond acceptors (Lipinski definition) is 3. The molecule has 3 aromatic rings. The van der Waals surface area contributed by atoms with Crippen LogP contribution in [0.15, 0.2) is 48.7 Å². The number of hydrogen-bond donors (Lipinski definition) is 3. The number of benzene rings is 1. The van der Waals surface area contributed by atoms with E-state index in [9.17, 15) is 9.90 Å². The average Bonchev–Trinajstić information content (AvgIpc) is 3.26. The molecular weight excluding hydrogens is 376 g/mol. The van der Waals surface area contributed by atoms with E-state index in [2.05, 4.69) is 10.3 Å². The summed E-state index contributed by atoms with van der Waals surface area (Å²) < 4.78 is 1.83. The third-order valence-corrected chi connectivity index (χ3v) is 5.66. The molecule has 0 spiro atoms. The molecule has 3 heterocycles. The molecule has 1 aliphatic rings. The number of carbonyl (C=O) groups is 1. The Morgan fingerprint density at radius 3 is 2.89 bits per heavy atom. The van der Waals surface area contributed by atoms with Crippen molar-refractivity contribution in [1.82, 2.24) is 14.7 Å². The van der Waals surface area contributed by atoms with Crippen LogP contribution in [-0.4, -0.2) is 39.6 Å². The number of amides is 1. The van der Waals surface area contributed by atoms with Crippen LogP contribution in [0.3, 0.4) is 0 Å². The van der Waals surface area contributed by atoms with E-state index >= 15 is 0 Å². The quantitative estimate of drug-likeness (QED) is 0.610. The van der Waals surface area contributed by atoms with Gasteiger partial charge in [-0.1, -0.05) is 35.9 Å². The first-order valence-electron chi connectivity index (χ1n) is 9.56. The van der Waals surface area contributed by atoms with Crippen LogP contribution in [0.25, 0.3) is 5.52 Å². The fraction of sp³-hybridized carbons (Fsp3) is 0.333. The Morgan fingerprint density at radius 1 is 1.36 bits per heavy atom. The van der Waals surface area contributed by atoms with Crippen molar-refractivity contribution in [2.75, 3.05) is 13.1 Å². The van der Waals surface area contributed by atoms with Gasteiger partial charge < -0.3 is 15.3 Å². The van der Waals surface area contributed by atoms with E-state index in [0.29, 0.717) is 17.4 Å². The van der Waals surface area contributed by atoms with Gasteiger partial charge in [-0.25, -0.2) is 4.98 Å². The summed E-state index contributed by atoms with van der Waals surface area (Å²) >= 11 is 6.26. The molecule has 28 heavy (non-hydrogen) atoms. The summed E-state index contributed by atoms with van der Waals surface area (Å²) in [6.45, 7) is 4.23. The van der Waals surface area contributed by atoms with Crippen molar-refractivity contribution in [2.24, 2.45) is 0 Å². The lowest BCUT2D eigenvalue weighted by Gasteiger charge is -2.15. The number of aliphatic hydroxyl groups is 1. The smallest absolute Gasteiger partial charge is 0.288 e. The van der Waals surface area contributed by atoms with Crippen molar-refractivity contribution in [3.63, 3.8) is 0 Å². The van der Waals surface area contributed by atoms with E-state index in [4.69, 9.17) is 11.6 Å². The van der Waals surface area contributed by atoms with Gasteiger partial charge >= 0.3 is 0 Å². The Labute approximate surface area is 168 Å². The number of likely N-dealkylation sites (tertiary alicyclic amines) is 1. The monoisotopic (exact) mass is 399 g/mol. The number of rotatable bonds is 5. The maximum Gasteiger partial charge on any atom is 0.288 e. The van der Waals surface area contributed by atoms with Crippen LogP contribution in [0.5, 0.6) is 0 Å². The number of nitrogens with zero attached hydrogens (tertiary/aromatic N) is 2. The van der Waals surface area contributed by atoms with E-state index in [0.717, 1.165) is 36.3 Å². The number of aliphatic hydroxyl groups excluding tert-OH is 1. The zero-order chi connectivity index (χ0) is 19.7. The number of carbonyl (C=O) groups excluding carboxylic acids is 1. The van der Waals surface area contributed by atoms with Crippen LogP contribution in [0.4, 0.5) is 0 Å². The van der Waals surface area contributed by atoms with E-state index in [-0.39, 0.29) is 18.1 Å². The summed E-state index contributed by atoms with van der Waals surface area (Å²) in [6.07, 6.45) is 2.42. The third-order valence-electron chi connectivity index (χ3n) is 5.32. The maximum absolute atomic E-state index is 13.0. The number of quaternary nitrogens is 1. The predicted molar refractivity (Wildman–Crippen MR) is 108 cm³/mol. The molecular formula is C21H24ClN4O2+. The molecule has 0 saturated carbocycles. The highest BCUT2D eigenvalue weighted by atomic mass is 35.5. The first-order chi connectivity index (χ1) is 13.5. The molecule has 0 bridgehead atoms. The number of nitrogens with one attached hydrogen (secondary N) is 2. The Kier molecular flexibility index (Phi) is 5.35. The van der Waals surface area contributed by atoms with Gasteiger partial charge in [-0.05, 0) is 30.7 Å². The number of imidazole rings is 1. The fourth-order valence-corrected chi connectivity index (χ4v) is 4.16. The highest BCUT2D eigenvalue weighted by molar-refractivity contribution is 6.31. The van der Waals surface area contributed by atoms with Crippen molar-refractivity contribution in [2.45, 2.75) is 32.0 Å². The summed E-state index contributed by atoms with van der Waals surface area (Å²) in [4.78, 5) is 18.9. The first kappa shape index (κ1) is 18.9. The molecule has 1 amide bonds. The van der Waals surface area contributed by atoms with Gasteiger partial charge in [-0.2, -0.15) is 0 Å². The molecule has 146 valence electrons. The lowest BCUT2D eigenvalue weighted by molar-refractivity contribution is -0.902. The van der Waals surface area contributed by atoms with Crippen molar-refractivity contribution in [3.05, 3.63) is 70.8 Å². The SMILES string of the molecule is CC(NC(=O)c1nc(C[NH+]2CCC(O)C2)c2ccccn12)c1ccccc1Cl. The molecule has 6 nitrogen and oxygen atoms in total. The lowest BCUT2D eigenvalue weighted by atomic mass is 10.1. The van der Waals surface area contributed by atoms with Gasteiger partial charge in [0.1, 0.15) is 24.9 Å². The summed E-state index contributed by atoms with van der Waals surface area (Å²) in [5.74, 6) is 0.125. The molecule has 1 fully saturated rings. The minimum atomic E-state index is -0.247. The highest BCUT2D eigenvalue weighted by Crippen LogP contribution is 2.22. The zero-order valence-corrected chi connectivity index (χ0v) is 16.5. The van der Waals surface area contributed by atoms with Crippen LogP contribution in [-0.2, 0) is 6.54 Å². The molecule has 3 unspecified atom stereocenters. The minimum absolute atomic E-state index is 0.236. The largest absolute Gasteiger partial charge is 0.387 e. The Morgan fingerprint density at radius 2 is 2.14 bits per heavy atom. The average molecular weight is 400 g/mol. The second-order valence-electron chi connectivity index (χ2n) is 7.38. The molecule has 7 heteroatoms. The van der Waals surface area contributed by atoms with E-state index in [1.807, 2.05) is 60.0 Å². The molecule has 3 N–H and O–H groups in total. The molecule has 0 radical (unpaired) electrons. The predicted octanol–water partition coefficient (Wildman–Crippen LogP) is 1.63. The Hall–Kier alpha value is -2.41. The number of pyridine rings is 1. The van der Waals surface area contributed by atoms with Crippen LogP contribution >= 0.6 is 11.6 Å². The van der Waals surface area contributed by atoms with E-state index in [1.165, 1.54) is 4.90 Å². The van der Waals surface area contributed by atoms with Crippen molar-refractivity contribution in [3.8, 4) is 0 Å². The topological polar surface area (TPSA) is 71.1 Å². The van der Waals surface area contributed by atoms with Crippen LogP contribution in [0, 0.1) is 0 Å².